The molecule has 0 unspecified atom stereocenters. The minimum atomic E-state index is -0.559. The summed E-state index contributed by atoms with van der Waals surface area (Å²) < 4.78 is 28.0. The van der Waals surface area contributed by atoms with Gasteiger partial charge in [-0.3, -0.25) is 4.68 Å². The van der Waals surface area contributed by atoms with Crippen molar-refractivity contribution in [1.29, 1.82) is 0 Å². The van der Waals surface area contributed by atoms with Crippen LogP contribution in [0.25, 0.3) is 0 Å². The number of halogens is 2. The van der Waals surface area contributed by atoms with E-state index in [1.54, 1.807) is 4.68 Å². The van der Waals surface area contributed by atoms with Gasteiger partial charge in [0.15, 0.2) is 0 Å². The van der Waals surface area contributed by atoms with Gasteiger partial charge in [-0.05, 0) is 32.4 Å². The molecule has 0 amide bonds. The van der Waals surface area contributed by atoms with Crippen molar-refractivity contribution in [3.63, 3.8) is 0 Å². The van der Waals surface area contributed by atoms with Gasteiger partial charge < -0.3 is 0 Å². The Morgan fingerprint density at radius 1 is 1.18 bits per heavy atom. The van der Waals surface area contributed by atoms with E-state index in [0.29, 0.717) is 12.1 Å². The van der Waals surface area contributed by atoms with Gasteiger partial charge in [-0.2, -0.15) is 5.10 Å². The van der Waals surface area contributed by atoms with Crippen molar-refractivity contribution >= 4 is 0 Å². The van der Waals surface area contributed by atoms with Crippen LogP contribution in [-0.2, 0) is 6.54 Å². The van der Waals surface area contributed by atoms with Gasteiger partial charge >= 0.3 is 0 Å². The highest BCUT2D eigenvalue weighted by Crippen LogP contribution is 2.15. The lowest BCUT2D eigenvalue weighted by atomic mass is 10.2. The Morgan fingerprint density at radius 3 is 2.41 bits per heavy atom. The summed E-state index contributed by atoms with van der Waals surface area (Å²) in [6.07, 6.45) is 0. The van der Waals surface area contributed by atoms with Gasteiger partial charge in [0.25, 0.3) is 0 Å². The summed E-state index contributed by atoms with van der Waals surface area (Å²) in [5, 5.41) is 4.32. The zero-order valence-electron chi connectivity index (χ0n) is 10.1. The molecule has 2 rings (SSSR count). The number of rotatable bonds is 2. The highest BCUT2D eigenvalue weighted by Gasteiger charge is 2.10. The summed E-state index contributed by atoms with van der Waals surface area (Å²) in [7, 11) is 0. The van der Waals surface area contributed by atoms with E-state index in [1.165, 1.54) is 12.1 Å². The molecular formula is C13H14F2N2. The quantitative estimate of drug-likeness (QED) is 0.783. The van der Waals surface area contributed by atoms with E-state index in [2.05, 4.69) is 5.10 Å². The van der Waals surface area contributed by atoms with Crippen molar-refractivity contribution in [1.82, 2.24) is 9.78 Å². The van der Waals surface area contributed by atoms with Crippen molar-refractivity contribution in [2.75, 3.05) is 0 Å². The smallest absolute Gasteiger partial charge is 0.131 e. The average molecular weight is 236 g/mol. The van der Waals surface area contributed by atoms with Crippen LogP contribution in [0.4, 0.5) is 8.78 Å². The van der Waals surface area contributed by atoms with Crippen LogP contribution in [0.3, 0.4) is 0 Å². The fraction of sp³-hybridized carbons (Fsp3) is 0.308. The lowest BCUT2D eigenvalue weighted by Gasteiger charge is -2.06. The SMILES string of the molecule is Cc1nn(Cc2ccc(F)cc2F)c(C)c1C. The van der Waals surface area contributed by atoms with Crippen LogP contribution >= 0.6 is 0 Å². The molecule has 0 atom stereocenters. The van der Waals surface area contributed by atoms with Gasteiger partial charge in [0.2, 0.25) is 0 Å². The molecule has 0 saturated heterocycles. The third-order valence-corrected chi connectivity index (χ3v) is 3.08. The summed E-state index contributed by atoms with van der Waals surface area (Å²) in [6, 6.07) is 3.61. The molecule has 17 heavy (non-hydrogen) atoms. The molecular weight excluding hydrogens is 222 g/mol. The molecule has 4 heteroatoms. The molecule has 0 radical (unpaired) electrons. The lowest BCUT2D eigenvalue weighted by molar-refractivity contribution is 0.555. The second-order valence-corrected chi connectivity index (χ2v) is 4.19. The van der Waals surface area contributed by atoms with E-state index in [0.717, 1.165) is 23.0 Å². The maximum atomic E-state index is 13.5. The highest BCUT2D eigenvalue weighted by atomic mass is 19.1. The summed E-state index contributed by atoms with van der Waals surface area (Å²) in [5.41, 5.74) is 3.49. The van der Waals surface area contributed by atoms with E-state index in [-0.39, 0.29) is 0 Å². The molecule has 0 N–H and O–H groups in total. The zero-order chi connectivity index (χ0) is 12.6. The summed E-state index contributed by atoms with van der Waals surface area (Å²) in [6.45, 7) is 6.17. The molecule has 90 valence electrons. The molecule has 2 nitrogen and oxygen atoms in total. The summed E-state index contributed by atoms with van der Waals surface area (Å²) in [5.74, 6) is -1.09. The van der Waals surface area contributed by atoms with Crippen LogP contribution in [0.5, 0.6) is 0 Å². The average Bonchev–Trinajstić information content (AvgIpc) is 2.50. The molecule has 0 aliphatic heterocycles. The Hall–Kier alpha value is -1.71. The molecule has 0 aliphatic carbocycles. The lowest BCUT2D eigenvalue weighted by Crippen LogP contribution is -2.06. The second-order valence-electron chi connectivity index (χ2n) is 4.19. The second kappa shape index (κ2) is 4.28. The Morgan fingerprint density at radius 2 is 1.88 bits per heavy atom. The number of aromatic nitrogens is 2. The maximum absolute atomic E-state index is 13.5. The van der Waals surface area contributed by atoms with Gasteiger partial charge in [0.1, 0.15) is 11.6 Å². The fourth-order valence-corrected chi connectivity index (χ4v) is 1.75. The molecule has 0 bridgehead atoms. The van der Waals surface area contributed by atoms with Crippen LogP contribution in [0.1, 0.15) is 22.5 Å². The third kappa shape index (κ3) is 2.20. The van der Waals surface area contributed by atoms with Crippen molar-refractivity contribution in [2.45, 2.75) is 27.3 Å². The van der Waals surface area contributed by atoms with E-state index in [9.17, 15) is 8.78 Å². The van der Waals surface area contributed by atoms with Crippen LogP contribution in [-0.4, -0.2) is 9.78 Å². The first-order valence-electron chi connectivity index (χ1n) is 5.43. The zero-order valence-corrected chi connectivity index (χ0v) is 10.1. The van der Waals surface area contributed by atoms with Crippen LogP contribution < -0.4 is 0 Å². The molecule has 1 heterocycles. The van der Waals surface area contributed by atoms with Gasteiger partial charge in [0.05, 0.1) is 12.2 Å². The summed E-state index contributed by atoms with van der Waals surface area (Å²) >= 11 is 0. The van der Waals surface area contributed by atoms with Gasteiger partial charge in [0, 0.05) is 17.3 Å². The molecule has 0 saturated carbocycles. The first-order chi connectivity index (χ1) is 7.99. The first kappa shape index (κ1) is 11.8. The van der Waals surface area contributed by atoms with E-state index in [1.807, 2.05) is 20.8 Å². The van der Waals surface area contributed by atoms with Crippen LogP contribution in [0.15, 0.2) is 18.2 Å². The maximum Gasteiger partial charge on any atom is 0.131 e. The number of hydrogen-bond donors (Lipinski definition) is 0. The number of nitrogens with zero attached hydrogens (tertiary/aromatic N) is 2. The standard InChI is InChI=1S/C13H14F2N2/c1-8-9(2)16-17(10(8)3)7-11-4-5-12(14)6-13(11)15/h4-6H,7H2,1-3H3. The van der Waals surface area contributed by atoms with E-state index in [4.69, 9.17) is 0 Å². The number of hydrogen-bond acceptors (Lipinski definition) is 1. The Kier molecular flexibility index (Phi) is 2.96. The molecule has 1 aromatic heterocycles. The predicted octanol–water partition coefficient (Wildman–Crippen LogP) is 3.13. The van der Waals surface area contributed by atoms with Gasteiger partial charge in [-0.25, -0.2) is 8.78 Å². The molecule has 2 aromatic rings. The Bertz CT molecular complexity index is 559. The van der Waals surface area contributed by atoms with Gasteiger partial charge in [-0.1, -0.05) is 6.07 Å². The Labute approximate surface area is 98.9 Å². The third-order valence-electron chi connectivity index (χ3n) is 3.08. The van der Waals surface area contributed by atoms with Crippen LogP contribution in [0, 0.1) is 32.4 Å². The van der Waals surface area contributed by atoms with Crippen molar-refractivity contribution in [2.24, 2.45) is 0 Å². The molecule has 0 spiro atoms. The fourth-order valence-electron chi connectivity index (χ4n) is 1.75. The van der Waals surface area contributed by atoms with Crippen molar-refractivity contribution in [3.05, 3.63) is 52.3 Å². The monoisotopic (exact) mass is 236 g/mol. The minimum absolute atomic E-state index is 0.326. The van der Waals surface area contributed by atoms with Crippen LogP contribution in [0.2, 0.25) is 0 Å². The minimum Gasteiger partial charge on any atom is -0.265 e. The predicted molar refractivity (Wildman–Crippen MR) is 61.9 cm³/mol. The topological polar surface area (TPSA) is 17.8 Å². The van der Waals surface area contributed by atoms with Gasteiger partial charge in [-0.15, -0.1) is 0 Å². The molecule has 0 fully saturated rings. The highest BCUT2D eigenvalue weighted by molar-refractivity contribution is 5.24. The van der Waals surface area contributed by atoms with E-state index < -0.39 is 11.6 Å². The largest absolute Gasteiger partial charge is 0.265 e. The van der Waals surface area contributed by atoms with Crippen molar-refractivity contribution < 1.29 is 8.78 Å². The summed E-state index contributed by atoms with van der Waals surface area (Å²) in [4.78, 5) is 0. The number of benzene rings is 1. The van der Waals surface area contributed by atoms with Crippen molar-refractivity contribution in [3.8, 4) is 0 Å². The Balaban J connectivity index is 2.34. The van der Waals surface area contributed by atoms with E-state index >= 15 is 0 Å². The molecule has 0 aliphatic rings. The first-order valence-corrected chi connectivity index (χ1v) is 5.43. The normalized spacial score (nSPS) is 10.9. The molecule has 1 aromatic carbocycles. The number of aryl methyl sites for hydroxylation is 1.